The van der Waals surface area contributed by atoms with E-state index in [0.717, 1.165) is 49.5 Å². The minimum Gasteiger partial charge on any atom is -0.352 e. The zero-order valence-electron chi connectivity index (χ0n) is 19.7. The van der Waals surface area contributed by atoms with E-state index < -0.39 is 0 Å². The Labute approximate surface area is 200 Å². The smallest absolute Gasteiger partial charge is 0.229 e. The van der Waals surface area contributed by atoms with Crippen molar-refractivity contribution in [3.63, 3.8) is 0 Å². The minimum atomic E-state index is 0.0494. The van der Waals surface area contributed by atoms with Crippen LogP contribution in [0.2, 0.25) is 0 Å². The fourth-order valence-electron chi connectivity index (χ4n) is 4.85. The number of hydrogen-bond acceptors (Lipinski definition) is 2. The molecule has 1 aliphatic heterocycles. The number of quaternary nitrogens is 1. The van der Waals surface area contributed by atoms with Crippen LogP contribution in [0, 0.1) is 12.8 Å². The number of nitrogens with zero attached hydrogens (tertiary/aromatic N) is 3. The van der Waals surface area contributed by atoms with Gasteiger partial charge in [-0.05, 0) is 49.6 Å². The predicted molar refractivity (Wildman–Crippen MR) is 133 cm³/mol. The van der Waals surface area contributed by atoms with Crippen LogP contribution < -0.4 is 10.2 Å². The number of carbonyl (C=O) groups is 1. The SMILES string of the molecule is Cc1ccc(CNC(=O)C2CCC[NH+](Cc3cnn(-c4ccccc4)c3-n3cccc3)C2)cc1. The third-order valence-corrected chi connectivity index (χ3v) is 6.68. The van der Waals surface area contributed by atoms with Crippen LogP contribution in [0.1, 0.15) is 29.5 Å². The van der Waals surface area contributed by atoms with E-state index in [1.807, 2.05) is 41.2 Å². The van der Waals surface area contributed by atoms with Gasteiger partial charge in [0, 0.05) is 18.9 Å². The van der Waals surface area contributed by atoms with Gasteiger partial charge in [0.2, 0.25) is 5.91 Å². The van der Waals surface area contributed by atoms with Crippen LogP contribution in [0.4, 0.5) is 0 Å². The number of benzene rings is 2. The number of piperidine rings is 1. The van der Waals surface area contributed by atoms with Crippen molar-refractivity contribution in [1.82, 2.24) is 19.7 Å². The van der Waals surface area contributed by atoms with Crippen molar-refractivity contribution in [3.8, 4) is 11.5 Å². The van der Waals surface area contributed by atoms with Gasteiger partial charge in [-0.25, -0.2) is 4.68 Å². The van der Waals surface area contributed by atoms with Crippen LogP contribution in [-0.4, -0.2) is 33.3 Å². The molecule has 0 saturated carbocycles. The predicted octanol–water partition coefficient (Wildman–Crippen LogP) is 3.08. The quantitative estimate of drug-likeness (QED) is 0.451. The lowest BCUT2D eigenvalue weighted by molar-refractivity contribution is -0.921. The van der Waals surface area contributed by atoms with Gasteiger partial charge in [0.05, 0.1) is 36.5 Å². The van der Waals surface area contributed by atoms with Gasteiger partial charge in [0.1, 0.15) is 12.4 Å². The van der Waals surface area contributed by atoms with Crippen LogP contribution >= 0.6 is 0 Å². The Hall–Kier alpha value is -3.64. The molecule has 2 aromatic heterocycles. The lowest BCUT2D eigenvalue weighted by Gasteiger charge is -2.29. The van der Waals surface area contributed by atoms with Crippen molar-refractivity contribution >= 4 is 5.91 Å². The first-order valence-corrected chi connectivity index (χ1v) is 12.1. The summed E-state index contributed by atoms with van der Waals surface area (Å²) >= 11 is 0. The molecule has 4 aromatic rings. The van der Waals surface area contributed by atoms with Crippen LogP contribution in [0.5, 0.6) is 0 Å². The molecule has 2 unspecified atom stereocenters. The number of carbonyl (C=O) groups excluding carboxylic acids is 1. The third-order valence-electron chi connectivity index (χ3n) is 6.68. The molecule has 5 rings (SSSR count). The summed E-state index contributed by atoms with van der Waals surface area (Å²) in [6.07, 6.45) is 8.12. The highest BCUT2D eigenvalue weighted by Gasteiger charge is 2.30. The molecule has 2 aromatic carbocycles. The molecule has 1 amide bonds. The maximum atomic E-state index is 12.9. The molecular weight excluding hydrogens is 422 g/mol. The normalized spacial score (nSPS) is 18.0. The maximum absolute atomic E-state index is 12.9. The summed E-state index contributed by atoms with van der Waals surface area (Å²) < 4.78 is 4.13. The molecule has 0 aliphatic carbocycles. The van der Waals surface area contributed by atoms with Crippen molar-refractivity contribution in [2.24, 2.45) is 5.92 Å². The number of hydrogen-bond donors (Lipinski definition) is 2. The van der Waals surface area contributed by atoms with Gasteiger partial charge in [-0.1, -0.05) is 48.0 Å². The van der Waals surface area contributed by atoms with Crippen LogP contribution in [0.25, 0.3) is 11.5 Å². The van der Waals surface area contributed by atoms with E-state index in [9.17, 15) is 4.79 Å². The summed E-state index contributed by atoms with van der Waals surface area (Å²) in [7, 11) is 0. The number of rotatable bonds is 7. The first-order chi connectivity index (χ1) is 16.7. The van der Waals surface area contributed by atoms with Gasteiger partial charge < -0.3 is 14.8 Å². The second kappa shape index (κ2) is 10.1. The monoisotopic (exact) mass is 454 g/mol. The lowest BCUT2D eigenvalue weighted by Crippen LogP contribution is -3.12. The molecule has 174 valence electrons. The highest BCUT2D eigenvalue weighted by atomic mass is 16.1. The number of nitrogens with one attached hydrogen (secondary N) is 2. The largest absolute Gasteiger partial charge is 0.352 e. The summed E-state index contributed by atoms with van der Waals surface area (Å²) in [6.45, 7) is 5.44. The molecule has 0 radical (unpaired) electrons. The van der Waals surface area contributed by atoms with E-state index in [-0.39, 0.29) is 11.8 Å². The summed E-state index contributed by atoms with van der Waals surface area (Å²) in [4.78, 5) is 14.4. The first kappa shape index (κ1) is 22.2. The maximum Gasteiger partial charge on any atom is 0.229 e. The fraction of sp³-hybridized carbons (Fsp3) is 0.286. The van der Waals surface area contributed by atoms with E-state index in [4.69, 9.17) is 5.10 Å². The van der Waals surface area contributed by atoms with Gasteiger partial charge in [0.15, 0.2) is 0 Å². The number of aromatic nitrogens is 3. The fourth-order valence-corrected chi connectivity index (χ4v) is 4.85. The molecular formula is C28H32N5O+. The van der Waals surface area contributed by atoms with E-state index in [1.54, 1.807) is 0 Å². The average molecular weight is 455 g/mol. The van der Waals surface area contributed by atoms with Crippen molar-refractivity contribution in [3.05, 3.63) is 102 Å². The second-order valence-corrected chi connectivity index (χ2v) is 9.25. The van der Waals surface area contributed by atoms with Crippen molar-refractivity contribution in [2.75, 3.05) is 13.1 Å². The van der Waals surface area contributed by atoms with Crippen molar-refractivity contribution in [2.45, 2.75) is 32.9 Å². The topological polar surface area (TPSA) is 56.3 Å². The van der Waals surface area contributed by atoms with Crippen molar-refractivity contribution in [1.29, 1.82) is 0 Å². The summed E-state index contributed by atoms with van der Waals surface area (Å²) in [5.74, 6) is 1.28. The second-order valence-electron chi connectivity index (χ2n) is 9.25. The van der Waals surface area contributed by atoms with Gasteiger partial charge >= 0.3 is 0 Å². The molecule has 1 fully saturated rings. The molecule has 1 aliphatic rings. The lowest BCUT2D eigenvalue weighted by atomic mass is 9.96. The van der Waals surface area contributed by atoms with E-state index >= 15 is 0 Å². The van der Waals surface area contributed by atoms with Crippen LogP contribution in [0.15, 0.2) is 85.3 Å². The standard InChI is InChI=1S/C28H31N5O/c1-22-11-13-23(14-12-22)18-29-27(34)24-8-7-15-31(20-24)21-25-19-30-33(26-9-3-2-4-10-26)28(25)32-16-5-6-17-32/h2-6,9-14,16-17,19,24H,7-8,15,18,20-21H2,1H3,(H,29,34)/p+1. The molecule has 0 bridgehead atoms. The Morgan fingerprint density at radius 1 is 1.06 bits per heavy atom. The zero-order chi connectivity index (χ0) is 23.3. The molecule has 6 nitrogen and oxygen atoms in total. The Morgan fingerprint density at radius 3 is 2.59 bits per heavy atom. The van der Waals surface area contributed by atoms with Crippen LogP contribution in [0.3, 0.4) is 0 Å². The highest BCUT2D eigenvalue weighted by Crippen LogP contribution is 2.19. The Morgan fingerprint density at radius 2 is 1.82 bits per heavy atom. The van der Waals surface area contributed by atoms with Crippen LogP contribution in [-0.2, 0) is 17.9 Å². The van der Waals surface area contributed by atoms with Gasteiger partial charge in [-0.2, -0.15) is 5.10 Å². The molecule has 3 heterocycles. The summed E-state index contributed by atoms with van der Waals surface area (Å²) in [5, 5.41) is 7.89. The first-order valence-electron chi connectivity index (χ1n) is 12.1. The minimum absolute atomic E-state index is 0.0494. The Balaban J connectivity index is 1.28. The number of para-hydroxylation sites is 1. The molecule has 0 spiro atoms. The summed E-state index contributed by atoms with van der Waals surface area (Å²) in [5.41, 5.74) is 4.61. The number of amides is 1. The van der Waals surface area contributed by atoms with Crippen molar-refractivity contribution < 1.29 is 9.69 Å². The number of aryl methyl sites for hydroxylation is 1. The molecule has 2 N–H and O–H groups in total. The Bertz CT molecular complexity index is 1210. The molecule has 34 heavy (non-hydrogen) atoms. The highest BCUT2D eigenvalue weighted by molar-refractivity contribution is 5.78. The third kappa shape index (κ3) is 4.97. The Kier molecular flexibility index (Phi) is 6.58. The average Bonchev–Trinajstić information content (AvgIpc) is 3.54. The van der Waals surface area contributed by atoms with E-state index in [0.29, 0.717) is 6.54 Å². The zero-order valence-corrected chi connectivity index (χ0v) is 19.7. The summed E-state index contributed by atoms with van der Waals surface area (Å²) in [6, 6.07) is 22.7. The van der Waals surface area contributed by atoms with E-state index in [1.165, 1.54) is 16.0 Å². The van der Waals surface area contributed by atoms with Gasteiger partial charge in [-0.15, -0.1) is 0 Å². The van der Waals surface area contributed by atoms with Gasteiger partial charge in [0.25, 0.3) is 0 Å². The number of likely N-dealkylation sites (tertiary alicyclic amines) is 1. The van der Waals surface area contributed by atoms with E-state index in [2.05, 4.69) is 65.6 Å². The molecule has 1 saturated heterocycles. The molecule has 6 heteroatoms. The van der Waals surface area contributed by atoms with Gasteiger partial charge in [-0.3, -0.25) is 4.79 Å². The molecule has 2 atom stereocenters.